The topological polar surface area (TPSA) is 78.4 Å². The number of aliphatic hydroxyl groups is 1. The standard InChI is InChI=1S/C15H20N2O3/c1-3-15(4-2,9-18)8-16-10-5-6-11-12(7-10)14(20)17-13(11)19/h5-7,16,18H,3-4,8-9H2,1-2H3,(H,17,19,20). The third-order valence-corrected chi connectivity index (χ3v) is 4.24. The van der Waals surface area contributed by atoms with E-state index >= 15 is 0 Å². The minimum absolute atomic E-state index is 0.122. The fraction of sp³-hybridized carbons (Fsp3) is 0.467. The van der Waals surface area contributed by atoms with Gasteiger partial charge in [-0.1, -0.05) is 13.8 Å². The van der Waals surface area contributed by atoms with Gasteiger partial charge < -0.3 is 10.4 Å². The summed E-state index contributed by atoms with van der Waals surface area (Å²) in [6.45, 7) is 4.86. The molecule has 0 unspecified atom stereocenters. The summed E-state index contributed by atoms with van der Waals surface area (Å²) in [5.41, 5.74) is 1.45. The number of benzene rings is 1. The van der Waals surface area contributed by atoms with E-state index in [0.29, 0.717) is 17.7 Å². The predicted molar refractivity (Wildman–Crippen MR) is 76.8 cm³/mol. The number of aliphatic hydroxyl groups excluding tert-OH is 1. The first-order valence-corrected chi connectivity index (χ1v) is 6.89. The van der Waals surface area contributed by atoms with E-state index in [2.05, 4.69) is 24.5 Å². The monoisotopic (exact) mass is 276 g/mol. The van der Waals surface area contributed by atoms with Gasteiger partial charge in [0.05, 0.1) is 17.7 Å². The quantitative estimate of drug-likeness (QED) is 0.692. The van der Waals surface area contributed by atoms with Crippen molar-refractivity contribution in [3.63, 3.8) is 0 Å². The van der Waals surface area contributed by atoms with Gasteiger partial charge in [0, 0.05) is 17.6 Å². The van der Waals surface area contributed by atoms with Crippen molar-refractivity contribution in [3.05, 3.63) is 29.3 Å². The number of anilines is 1. The molecule has 108 valence electrons. The number of hydrogen-bond donors (Lipinski definition) is 3. The fourth-order valence-electron chi connectivity index (χ4n) is 2.35. The van der Waals surface area contributed by atoms with Crippen LogP contribution in [0.1, 0.15) is 47.4 Å². The fourth-order valence-corrected chi connectivity index (χ4v) is 2.35. The summed E-state index contributed by atoms with van der Waals surface area (Å²) in [5.74, 6) is -0.698. The number of rotatable bonds is 6. The number of nitrogens with one attached hydrogen (secondary N) is 2. The molecule has 5 nitrogen and oxygen atoms in total. The summed E-state index contributed by atoms with van der Waals surface area (Å²) < 4.78 is 0. The van der Waals surface area contributed by atoms with Crippen LogP contribution in [0.3, 0.4) is 0 Å². The van der Waals surface area contributed by atoms with E-state index in [9.17, 15) is 14.7 Å². The lowest BCUT2D eigenvalue weighted by Crippen LogP contribution is -2.32. The van der Waals surface area contributed by atoms with Gasteiger partial charge >= 0.3 is 0 Å². The molecule has 0 atom stereocenters. The first-order valence-electron chi connectivity index (χ1n) is 6.89. The lowest BCUT2D eigenvalue weighted by Gasteiger charge is -2.30. The Hall–Kier alpha value is -1.88. The first kappa shape index (κ1) is 14.5. The van der Waals surface area contributed by atoms with Gasteiger partial charge in [-0.05, 0) is 31.0 Å². The van der Waals surface area contributed by atoms with Crippen LogP contribution >= 0.6 is 0 Å². The Balaban J connectivity index is 2.14. The molecule has 5 heteroatoms. The molecule has 20 heavy (non-hydrogen) atoms. The van der Waals surface area contributed by atoms with Crippen molar-refractivity contribution in [2.45, 2.75) is 26.7 Å². The average Bonchev–Trinajstić information content (AvgIpc) is 2.76. The van der Waals surface area contributed by atoms with Crippen molar-refractivity contribution in [1.29, 1.82) is 0 Å². The second-order valence-corrected chi connectivity index (χ2v) is 5.26. The Kier molecular flexibility index (Phi) is 4.09. The maximum atomic E-state index is 11.6. The second-order valence-electron chi connectivity index (χ2n) is 5.26. The van der Waals surface area contributed by atoms with Crippen molar-refractivity contribution in [1.82, 2.24) is 5.32 Å². The Morgan fingerprint density at radius 3 is 2.40 bits per heavy atom. The Morgan fingerprint density at radius 2 is 1.80 bits per heavy atom. The van der Waals surface area contributed by atoms with Crippen LogP contribution in [0.2, 0.25) is 0 Å². The van der Waals surface area contributed by atoms with E-state index in [1.165, 1.54) is 0 Å². The highest BCUT2D eigenvalue weighted by Crippen LogP contribution is 2.27. The molecule has 0 aliphatic carbocycles. The van der Waals surface area contributed by atoms with Crippen molar-refractivity contribution < 1.29 is 14.7 Å². The highest BCUT2D eigenvalue weighted by molar-refractivity contribution is 6.21. The van der Waals surface area contributed by atoms with E-state index in [4.69, 9.17) is 0 Å². The third-order valence-electron chi connectivity index (χ3n) is 4.24. The van der Waals surface area contributed by atoms with Gasteiger partial charge in [-0.2, -0.15) is 0 Å². The van der Waals surface area contributed by atoms with Gasteiger partial charge in [-0.3, -0.25) is 14.9 Å². The van der Waals surface area contributed by atoms with Crippen molar-refractivity contribution in [2.24, 2.45) is 5.41 Å². The summed E-state index contributed by atoms with van der Waals surface area (Å²) >= 11 is 0. The number of fused-ring (bicyclic) bond motifs is 1. The zero-order chi connectivity index (χ0) is 14.8. The molecule has 2 rings (SSSR count). The minimum Gasteiger partial charge on any atom is -0.396 e. The molecule has 0 fully saturated rings. The van der Waals surface area contributed by atoms with Crippen LogP contribution in [0.4, 0.5) is 5.69 Å². The summed E-state index contributed by atoms with van der Waals surface area (Å²) in [6.07, 6.45) is 1.74. The Morgan fingerprint density at radius 1 is 1.15 bits per heavy atom. The third kappa shape index (κ3) is 2.54. The van der Waals surface area contributed by atoms with Gasteiger partial charge in [0.2, 0.25) is 0 Å². The predicted octanol–water partition coefficient (Wildman–Crippen LogP) is 1.78. The molecule has 0 saturated carbocycles. The van der Waals surface area contributed by atoms with Gasteiger partial charge in [0.25, 0.3) is 11.8 Å². The van der Waals surface area contributed by atoms with Crippen LogP contribution in [0.5, 0.6) is 0 Å². The number of carbonyl (C=O) groups excluding carboxylic acids is 2. The van der Waals surface area contributed by atoms with Crippen molar-refractivity contribution in [3.8, 4) is 0 Å². The molecule has 1 aromatic carbocycles. The highest BCUT2D eigenvalue weighted by Gasteiger charge is 2.28. The number of imide groups is 1. The summed E-state index contributed by atoms with van der Waals surface area (Å²) in [5, 5.41) is 15.1. The van der Waals surface area contributed by atoms with Crippen molar-refractivity contribution in [2.75, 3.05) is 18.5 Å². The molecule has 3 N–H and O–H groups in total. The molecule has 0 saturated heterocycles. The smallest absolute Gasteiger partial charge is 0.259 e. The molecule has 0 aromatic heterocycles. The molecule has 1 aliphatic rings. The summed E-state index contributed by atoms with van der Waals surface area (Å²) in [4.78, 5) is 23.1. The highest BCUT2D eigenvalue weighted by atomic mass is 16.3. The van der Waals surface area contributed by atoms with E-state index < -0.39 is 0 Å². The molecular formula is C15H20N2O3. The van der Waals surface area contributed by atoms with Crippen LogP contribution in [0.15, 0.2) is 18.2 Å². The molecular weight excluding hydrogens is 256 g/mol. The normalized spacial score (nSPS) is 14.2. The molecule has 1 heterocycles. The largest absolute Gasteiger partial charge is 0.396 e. The van der Waals surface area contributed by atoms with E-state index in [-0.39, 0.29) is 23.8 Å². The second kappa shape index (κ2) is 5.63. The van der Waals surface area contributed by atoms with Gasteiger partial charge in [0.1, 0.15) is 0 Å². The molecule has 0 bridgehead atoms. The summed E-state index contributed by atoms with van der Waals surface area (Å²) in [6, 6.07) is 5.11. The SMILES string of the molecule is CCC(CC)(CO)CNc1ccc2c(c1)C(=O)NC2=O. The number of hydrogen-bond acceptors (Lipinski definition) is 4. The van der Waals surface area contributed by atoms with Gasteiger partial charge in [-0.15, -0.1) is 0 Å². The van der Waals surface area contributed by atoms with Crippen molar-refractivity contribution >= 4 is 17.5 Å². The Labute approximate surface area is 118 Å². The Bertz CT molecular complexity index is 528. The van der Waals surface area contributed by atoms with Crippen LogP contribution in [0, 0.1) is 5.41 Å². The number of carbonyl (C=O) groups is 2. The number of amides is 2. The van der Waals surface area contributed by atoms with E-state index in [1.54, 1.807) is 18.2 Å². The molecule has 0 spiro atoms. The van der Waals surface area contributed by atoms with Gasteiger partial charge in [-0.25, -0.2) is 0 Å². The van der Waals surface area contributed by atoms with E-state index in [1.807, 2.05) is 0 Å². The molecule has 0 radical (unpaired) electrons. The maximum absolute atomic E-state index is 11.6. The minimum atomic E-state index is -0.354. The lowest BCUT2D eigenvalue weighted by molar-refractivity contribution is 0.0879. The maximum Gasteiger partial charge on any atom is 0.259 e. The first-order chi connectivity index (χ1) is 9.55. The zero-order valence-corrected chi connectivity index (χ0v) is 11.8. The van der Waals surface area contributed by atoms with Crippen LogP contribution in [0.25, 0.3) is 0 Å². The van der Waals surface area contributed by atoms with E-state index in [0.717, 1.165) is 18.5 Å². The summed E-state index contributed by atoms with van der Waals surface area (Å²) in [7, 11) is 0. The lowest BCUT2D eigenvalue weighted by atomic mass is 9.83. The van der Waals surface area contributed by atoms with Crippen LogP contribution < -0.4 is 10.6 Å². The van der Waals surface area contributed by atoms with Crippen LogP contribution in [-0.4, -0.2) is 30.1 Å². The zero-order valence-electron chi connectivity index (χ0n) is 11.8. The molecule has 1 aliphatic heterocycles. The van der Waals surface area contributed by atoms with Crippen LogP contribution in [-0.2, 0) is 0 Å². The average molecular weight is 276 g/mol. The van der Waals surface area contributed by atoms with Gasteiger partial charge in [0.15, 0.2) is 0 Å². The molecule has 1 aromatic rings. The molecule has 2 amide bonds.